The molecule has 2 N–H and O–H groups in total. The van der Waals surface area contributed by atoms with E-state index < -0.39 is 0 Å². The maximum absolute atomic E-state index is 12.0. The van der Waals surface area contributed by atoms with Gasteiger partial charge in [0.1, 0.15) is 0 Å². The number of nitrogens with one attached hydrogen (secondary N) is 2. The predicted octanol–water partition coefficient (Wildman–Crippen LogP) is 0.132. The van der Waals surface area contributed by atoms with E-state index in [-0.39, 0.29) is 18.4 Å². The van der Waals surface area contributed by atoms with Gasteiger partial charge in [-0.2, -0.15) is 5.10 Å². The van der Waals surface area contributed by atoms with Crippen LogP contribution in [0.2, 0.25) is 0 Å². The topological polar surface area (TPSA) is 78.7 Å². The molecule has 2 amide bonds. The summed E-state index contributed by atoms with van der Waals surface area (Å²) in [5.41, 5.74) is 1.13. The fraction of sp³-hybridized carbons (Fsp3) is 0.400. The molecule has 0 bridgehead atoms. The summed E-state index contributed by atoms with van der Waals surface area (Å²) in [4.78, 5) is 25.6. The lowest BCUT2D eigenvalue weighted by molar-refractivity contribution is -0.120. The summed E-state index contributed by atoms with van der Waals surface area (Å²) in [6, 6.07) is 7.26. The first-order valence-electron chi connectivity index (χ1n) is 7.20. The van der Waals surface area contributed by atoms with Crippen LogP contribution < -0.4 is 10.6 Å². The smallest absolute Gasteiger partial charge is 0.272 e. The van der Waals surface area contributed by atoms with Crippen LogP contribution in [0.1, 0.15) is 16.9 Å². The first kappa shape index (κ1) is 16.0. The van der Waals surface area contributed by atoms with Crippen molar-refractivity contribution in [2.24, 2.45) is 0 Å². The van der Waals surface area contributed by atoms with Crippen molar-refractivity contribution in [3.05, 3.63) is 36.2 Å². The van der Waals surface area contributed by atoms with Crippen molar-refractivity contribution in [2.75, 3.05) is 33.7 Å². The molecule has 2 rings (SSSR count). The molecule has 0 unspecified atom stereocenters. The van der Waals surface area contributed by atoms with Gasteiger partial charge in [-0.05, 0) is 45.3 Å². The van der Waals surface area contributed by atoms with Gasteiger partial charge < -0.3 is 15.5 Å². The van der Waals surface area contributed by atoms with E-state index in [1.165, 1.54) is 0 Å². The van der Waals surface area contributed by atoms with Gasteiger partial charge in [0, 0.05) is 12.7 Å². The van der Waals surface area contributed by atoms with Gasteiger partial charge >= 0.3 is 0 Å². The van der Waals surface area contributed by atoms with Crippen molar-refractivity contribution in [3.8, 4) is 0 Å². The van der Waals surface area contributed by atoms with Crippen LogP contribution in [0.3, 0.4) is 0 Å². The molecule has 0 radical (unpaired) electrons. The zero-order valence-corrected chi connectivity index (χ0v) is 12.9. The molecule has 0 aliphatic carbocycles. The van der Waals surface area contributed by atoms with Gasteiger partial charge in [-0.3, -0.25) is 9.59 Å². The summed E-state index contributed by atoms with van der Waals surface area (Å²) in [5, 5.41) is 9.49. The summed E-state index contributed by atoms with van der Waals surface area (Å²) in [6.45, 7) is 1.46. The van der Waals surface area contributed by atoms with Crippen LogP contribution in [0, 0.1) is 0 Å². The third kappa shape index (κ3) is 4.56. The van der Waals surface area contributed by atoms with Gasteiger partial charge in [0.15, 0.2) is 5.69 Å². The Morgan fingerprint density at radius 2 is 2.09 bits per heavy atom. The van der Waals surface area contributed by atoms with Crippen LogP contribution in [-0.2, 0) is 4.79 Å². The molecule has 118 valence electrons. The van der Waals surface area contributed by atoms with Gasteiger partial charge in [-0.1, -0.05) is 6.07 Å². The minimum Gasteiger partial charge on any atom is -0.355 e. The molecule has 2 aromatic rings. The standard InChI is InChI=1S/C15H21N5O2/c1-19(2)8-5-7-16-14(21)11-17-15(22)13-10-12-6-3-4-9-20(12)18-13/h3-4,6,9-10H,5,7-8,11H2,1-2H3,(H,16,21)(H,17,22). The number of hydrogen-bond donors (Lipinski definition) is 2. The van der Waals surface area contributed by atoms with Crippen LogP contribution in [0.25, 0.3) is 5.52 Å². The first-order chi connectivity index (χ1) is 10.6. The first-order valence-corrected chi connectivity index (χ1v) is 7.20. The third-order valence-corrected chi connectivity index (χ3v) is 3.12. The summed E-state index contributed by atoms with van der Waals surface area (Å²) < 4.78 is 1.62. The van der Waals surface area contributed by atoms with Crippen LogP contribution in [0.15, 0.2) is 30.5 Å². The molecule has 0 atom stereocenters. The second kappa shape index (κ2) is 7.56. The average molecular weight is 303 g/mol. The van der Waals surface area contributed by atoms with E-state index in [4.69, 9.17) is 0 Å². The Morgan fingerprint density at radius 1 is 1.27 bits per heavy atom. The summed E-state index contributed by atoms with van der Waals surface area (Å²) in [5.74, 6) is -0.553. The number of aromatic nitrogens is 2. The van der Waals surface area contributed by atoms with E-state index in [1.807, 2.05) is 32.3 Å². The zero-order chi connectivity index (χ0) is 15.9. The van der Waals surface area contributed by atoms with Crippen molar-refractivity contribution in [1.29, 1.82) is 0 Å². The highest BCUT2D eigenvalue weighted by atomic mass is 16.2. The van der Waals surface area contributed by atoms with Gasteiger partial charge in [0.25, 0.3) is 5.91 Å². The van der Waals surface area contributed by atoms with E-state index in [0.717, 1.165) is 18.5 Å². The number of pyridine rings is 1. The quantitative estimate of drug-likeness (QED) is 0.713. The molecule has 2 aromatic heterocycles. The lowest BCUT2D eigenvalue weighted by atomic mass is 10.3. The van der Waals surface area contributed by atoms with Gasteiger partial charge in [0.05, 0.1) is 12.1 Å². The molecular weight excluding hydrogens is 282 g/mol. The van der Waals surface area contributed by atoms with E-state index in [9.17, 15) is 9.59 Å². The maximum atomic E-state index is 12.0. The minimum atomic E-state index is -0.354. The van der Waals surface area contributed by atoms with Crippen molar-refractivity contribution in [3.63, 3.8) is 0 Å². The Bertz CT molecular complexity index is 617. The van der Waals surface area contributed by atoms with Crippen molar-refractivity contribution in [2.45, 2.75) is 6.42 Å². The largest absolute Gasteiger partial charge is 0.355 e. The second-order valence-corrected chi connectivity index (χ2v) is 5.29. The van der Waals surface area contributed by atoms with Gasteiger partial charge in [-0.15, -0.1) is 0 Å². The third-order valence-electron chi connectivity index (χ3n) is 3.12. The maximum Gasteiger partial charge on any atom is 0.272 e. The number of fused-ring (bicyclic) bond motifs is 1. The van der Waals surface area contributed by atoms with Crippen molar-refractivity contribution >= 4 is 17.3 Å². The molecule has 0 aromatic carbocycles. The number of amides is 2. The molecule has 0 saturated heterocycles. The van der Waals surface area contributed by atoms with Crippen LogP contribution in [0.5, 0.6) is 0 Å². The Balaban J connectivity index is 1.76. The lowest BCUT2D eigenvalue weighted by Gasteiger charge is -2.10. The fourth-order valence-electron chi connectivity index (χ4n) is 1.99. The molecule has 0 spiro atoms. The molecule has 7 nitrogen and oxygen atoms in total. The molecular formula is C15H21N5O2. The second-order valence-electron chi connectivity index (χ2n) is 5.29. The van der Waals surface area contributed by atoms with Crippen LogP contribution >= 0.6 is 0 Å². The highest BCUT2D eigenvalue weighted by molar-refractivity contribution is 5.95. The van der Waals surface area contributed by atoms with Crippen molar-refractivity contribution in [1.82, 2.24) is 25.1 Å². The summed E-state index contributed by atoms with van der Waals surface area (Å²) in [6.07, 6.45) is 2.64. The molecule has 2 heterocycles. The molecule has 7 heteroatoms. The van der Waals surface area contributed by atoms with Crippen LogP contribution in [-0.4, -0.2) is 60.1 Å². The van der Waals surface area contributed by atoms with Gasteiger partial charge in [0.2, 0.25) is 5.91 Å². The minimum absolute atomic E-state index is 0.0470. The molecule has 0 saturated carbocycles. The van der Waals surface area contributed by atoms with E-state index in [1.54, 1.807) is 16.8 Å². The highest BCUT2D eigenvalue weighted by Gasteiger charge is 2.11. The van der Waals surface area contributed by atoms with Crippen LogP contribution in [0.4, 0.5) is 0 Å². The number of carbonyl (C=O) groups is 2. The lowest BCUT2D eigenvalue weighted by Crippen LogP contribution is -2.37. The number of nitrogens with zero attached hydrogens (tertiary/aromatic N) is 3. The molecule has 0 aliphatic rings. The predicted molar refractivity (Wildman–Crippen MR) is 83.7 cm³/mol. The summed E-state index contributed by atoms with van der Waals surface area (Å²) >= 11 is 0. The van der Waals surface area contributed by atoms with E-state index in [2.05, 4.69) is 20.6 Å². The Morgan fingerprint density at radius 3 is 2.82 bits per heavy atom. The summed E-state index contributed by atoms with van der Waals surface area (Å²) in [7, 11) is 3.97. The number of rotatable bonds is 7. The normalized spacial score (nSPS) is 10.9. The molecule has 0 fully saturated rings. The Hall–Kier alpha value is -2.41. The van der Waals surface area contributed by atoms with E-state index >= 15 is 0 Å². The molecule has 0 aliphatic heterocycles. The van der Waals surface area contributed by atoms with Crippen molar-refractivity contribution < 1.29 is 9.59 Å². The fourth-order valence-corrected chi connectivity index (χ4v) is 1.99. The Kier molecular flexibility index (Phi) is 5.48. The Labute approximate surface area is 129 Å². The SMILES string of the molecule is CN(C)CCCNC(=O)CNC(=O)c1cc2ccccn2n1. The number of hydrogen-bond acceptors (Lipinski definition) is 4. The van der Waals surface area contributed by atoms with E-state index in [0.29, 0.717) is 12.2 Å². The average Bonchev–Trinajstić information content (AvgIpc) is 2.93. The zero-order valence-electron chi connectivity index (χ0n) is 12.9. The highest BCUT2D eigenvalue weighted by Crippen LogP contribution is 2.05. The van der Waals surface area contributed by atoms with Gasteiger partial charge in [-0.25, -0.2) is 4.52 Å². The molecule has 22 heavy (non-hydrogen) atoms. The number of carbonyl (C=O) groups excluding carboxylic acids is 2. The monoisotopic (exact) mass is 303 g/mol.